The van der Waals surface area contributed by atoms with Crippen LogP contribution in [0.4, 0.5) is 0 Å². The van der Waals surface area contributed by atoms with Gasteiger partial charge in [0.05, 0.1) is 0 Å². The number of rotatable bonds is 6. The zero-order chi connectivity index (χ0) is 32.6. The lowest BCUT2D eigenvalue weighted by atomic mass is 9.96. The Morgan fingerprint density at radius 3 is 1.24 bits per heavy atom. The van der Waals surface area contributed by atoms with E-state index in [0.717, 1.165) is 16.7 Å². The van der Waals surface area contributed by atoms with Gasteiger partial charge in [0.25, 0.3) is 0 Å². The second-order valence-electron chi connectivity index (χ2n) is 12.1. The highest BCUT2D eigenvalue weighted by atomic mass is 32.1. The predicted molar refractivity (Wildman–Crippen MR) is 205 cm³/mol. The number of benzene rings is 7. The molecule has 3 nitrogen and oxygen atoms in total. The molecule has 0 aliphatic heterocycles. The van der Waals surface area contributed by atoms with Crippen LogP contribution in [0.15, 0.2) is 176 Å². The summed E-state index contributed by atoms with van der Waals surface area (Å²) in [5, 5.41) is 2.49. The zero-order valence-corrected chi connectivity index (χ0v) is 27.3. The van der Waals surface area contributed by atoms with Crippen molar-refractivity contribution in [2.24, 2.45) is 0 Å². The van der Waals surface area contributed by atoms with E-state index in [1.807, 2.05) is 60.7 Å². The van der Waals surface area contributed by atoms with Crippen LogP contribution < -0.4 is 0 Å². The molecule has 49 heavy (non-hydrogen) atoms. The highest BCUT2D eigenvalue weighted by Gasteiger charge is 2.14. The fourth-order valence-electron chi connectivity index (χ4n) is 6.42. The van der Waals surface area contributed by atoms with E-state index in [2.05, 4.69) is 115 Å². The van der Waals surface area contributed by atoms with Crippen LogP contribution in [0.5, 0.6) is 0 Å². The maximum Gasteiger partial charge on any atom is 0.164 e. The van der Waals surface area contributed by atoms with Crippen LogP contribution >= 0.6 is 11.3 Å². The first-order chi connectivity index (χ1) is 24.2. The molecule has 9 rings (SSSR count). The quantitative estimate of drug-likeness (QED) is 0.181. The minimum Gasteiger partial charge on any atom is -0.208 e. The number of thiophene rings is 1. The van der Waals surface area contributed by atoms with Crippen molar-refractivity contribution in [3.8, 4) is 67.5 Å². The van der Waals surface area contributed by atoms with Crippen molar-refractivity contribution in [3.05, 3.63) is 176 Å². The molecular formula is C45H29N3S. The summed E-state index contributed by atoms with van der Waals surface area (Å²) in [6.07, 6.45) is 0. The van der Waals surface area contributed by atoms with Gasteiger partial charge in [-0.05, 0) is 63.7 Å². The second-order valence-corrected chi connectivity index (χ2v) is 13.2. The van der Waals surface area contributed by atoms with Crippen LogP contribution in [0, 0.1) is 0 Å². The summed E-state index contributed by atoms with van der Waals surface area (Å²) in [6, 6.07) is 61.8. The molecule has 4 heteroatoms. The summed E-state index contributed by atoms with van der Waals surface area (Å²) in [6.45, 7) is 0. The normalized spacial score (nSPS) is 11.3. The number of hydrogen-bond acceptors (Lipinski definition) is 4. The maximum atomic E-state index is 4.95. The van der Waals surface area contributed by atoms with Crippen molar-refractivity contribution in [2.75, 3.05) is 0 Å². The Bertz CT molecular complexity index is 2540. The van der Waals surface area contributed by atoms with Crippen LogP contribution in [0.25, 0.3) is 87.7 Å². The molecule has 0 amide bonds. The van der Waals surface area contributed by atoms with Crippen molar-refractivity contribution in [1.29, 1.82) is 0 Å². The van der Waals surface area contributed by atoms with Gasteiger partial charge in [0, 0.05) is 36.9 Å². The summed E-state index contributed by atoms with van der Waals surface area (Å²) in [7, 11) is 0. The molecule has 0 atom stereocenters. The Hall–Kier alpha value is -6.23. The van der Waals surface area contributed by atoms with Gasteiger partial charge in [-0.1, -0.05) is 146 Å². The first-order valence-corrected chi connectivity index (χ1v) is 17.2. The highest BCUT2D eigenvalue weighted by molar-refractivity contribution is 7.25. The Balaban J connectivity index is 1.09. The average molecular weight is 644 g/mol. The van der Waals surface area contributed by atoms with Crippen molar-refractivity contribution < 1.29 is 0 Å². The molecule has 0 unspecified atom stereocenters. The molecule has 2 heterocycles. The summed E-state index contributed by atoms with van der Waals surface area (Å²) in [5.41, 5.74) is 10.2. The molecule has 7 aromatic carbocycles. The monoisotopic (exact) mass is 643 g/mol. The molecule has 0 saturated heterocycles. The van der Waals surface area contributed by atoms with E-state index in [9.17, 15) is 0 Å². The summed E-state index contributed by atoms with van der Waals surface area (Å²) < 4.78 is 2.47. The minimum atomic E-state index is 0.666. The second kappa shape index (κ2) is 12.4. The standard InChI is InChI=1S/C45H29N3S/c1-4-12-30(13-5-1)33-18-10-19-34(26-33)35-20-11-21-36(27-35)37-23-25-41-40(28-37)39-24-22-38(29-42(39)49-41)45-47-43(31-14-6-2-7-15-31)46-44(48-45)32-16-8-3-9-17-32/h1-29H. The van der Waals surface area contributed by atoms with Crippen LogP contribution in [-0.4, -0.2) is 15.0 Å². The van der Waals surface area contributed by atoms with Gasteiger partial charge >= 0.3 is 0 Å². The zero-order valence-electron chi connectivity index (χ0n) is 26.5. The van der Waals surface area contributed by atoms with Gasteiger partial charge in [0.2, 0.25) is 0 Å². The van der Waals surface area contributed by atoms with Crippen molar-refractivity contribution in [1.82, 2.24) is 15.0 Å². The van der Waals surface area contributed by atoms with E-state index >= 15 is 0 Å². The first kappa shape index (κ1) is 29.0. The summed E-state index contributed by atoms with van der Waals surface area (Å²) >= 11 is 1.80. The van der Waals surface area contributed by atoms with Gasteiger partial charge in [-0.15, -0.1) is 11.3 Å². The third-order valence-corrected chi connectivity index (χ3v) is 10.1. The van der Waals surface area contributed by atoms with Crippen molar-refractivity contribution >= 4 is 31.5 Å². The number of nitrogens with zero attached hydrogens (tertiary/aromatic N) is 3. The minimum absolute atomic E-state index is 0.666. The highest BCUT2D eigenvalue weighted by Crippen LogP contribution is 2.39. The first-order valence-electron chi connectivity index (χ1n) is 16.4. The Kier molecular flexibility index (Phi) is 7.34. The van der Waals surface area contributed by atoms with Gasteiger partial charge in [-0.2, -0.15) is 0 Å². The topological polar surface area (TPSA) is 38.7 Å². The van der Waals surface area contributed by atoms with Crippen LogP contribution in [0.3, 0.4) is 0 Å². The number of aromatic nitrogens is 3. The lowest BCUT2D eigenvalue weighted by Crippen LogP contribution is -1.99. The van der Waals surface area contributed by atoms with Gasteiger partial charge in [-0.3, -0.25) is 0 Å². The maximum absolute atomic E-state index is 4.95. The molecular weight excluding hydrogens is 615 g/mol. The van der Waals surface area contributed by atoms with E-state index in [0.29, 0.717) is 17.5 Å². The SMILES string of the molecule is c1ccc(-c2cccc(-c3cccc(-c4ccc5sc6cc(-c7nc(-c8ccccc8)nc(-c8ccccc8)n7)ccc6c5c4)c3)c2)cc1. The molecule has 0 fully saturated rings. The van der Waals surface area contributed by atoms with E-state index in [-0.39, 0.29) is 0 Å². The number of fused-ring (bicyclic) bond motifs is 3. The van der Waals surface area contributed by atoms with E-state index in [4.69, 9.17) is 15.0 Å². The average Bonchev–Trinajstić information content (AvgIpc) is 3.56. The molecule has 0 radical (unpaired) electrons. The molecule has 9 aromatic rings. The molecule has 0 aliphatic rings. The van der Waals surface area contributed by atoms with E-state index in [1.165, 1.54) is 53.6 Å². The van der Waals surface area contributed by atoms with E-state index < -0.39 is 0 Å². The molecule has 0 bridgehead atoms. The summed E-state index contributed by atoms with van der Waals surface area (Å²) in [5.74, 6) is 2.00. The Morgan fingerprint density at radius 2 is 0.694 bits per heavy atom. The predicted octanol–water partition coefficient (Wildman–Crippen LogP) is 12.2. The van der Waals surface area contributed by atoms with Crippen LogP contribution in [0.1, 0.15) is 0 Å². The van der Waals surface area contributed by atoms with Gasteiger partial charge in [-0.25, -0.2) is 15.0 Å². The molecule has 0 saturated carbocycles. The molecule has 0 aliphatic carbocycles. The van der Waals surface area contributed by atoms with Gasteiger partial charge < -0.3 is 0 Å². The van der Waals surface area contributed by atoms with E-state index in [1.54, 1.807) is 11.3 Å². The van der Waals surface area contributed by atoms with Gasteiger partial charge in [0.15, 0.2) is 17.5 Å². The molecule has 0 spiro atoms. The Labute approximate surface area is 288 Å². The molecule has 2 aromatic heterocycles. The third-order valence-electron chi connectivity index (χ3n) is 8.93. The van der Waals surface area contributed by atoms with Crippen molar-refractivity contribution in [2.45, 2.75) is 0 Å². The van der Waals surface area contributed by atoms with Crippen LogP contribution in [-0.2, 0) is 0 Å². The third kappa shape index (κ3) is 5.69. The Morgan fingerprint density at radius 1 is 0.265 bits per heavy atom. The largest absolute Gasteiger partial charge is 0.208 e. The van der Waals surface area contributed by atoms with Crippen LogP contribution in [0.2, 0.25) is 0 Å². The van der Waals surface area contributed by atoms with Gasteiger partial charge in [0.1, 0.15) is 0 Å². The lowest BCUT2D eigenvalue weighted by molar-refractivity contribution is 1.07. The lowest BCUT2D eigenvalue weighted by Gasteiger charge is -2.09. The molecule has 230 valence electrons. The smallest absolute Gasteiger partial charge is 0.164 e. The van der Waals surface area contributed by atoms with Crippen molar-refractivity contribution in [3.63, 3.8) is 0 Å². The fourth-order valence-corrected chi connectivity index (χ4v) is 7.55. The summed E-state index contributed by atoms with van der Waals surface area (Å²) in [4.78, 5) is 14.8. The molecule has 0 N–H and O–H groups in total. The fraction of sp³-hybridized carbons (Fsp3) is 0. The number of hydrogen-bond donors (Lipinski definition) is 0.